The van der Waals surface area contributed by atoms with Gasteiger partial charge >= 0.3 is 5.97 Å². The summed E-state index contributed by atoms with van der Waals surface area (Å²) in [6, 6.07) is 7.16. The first-order valence-corrected chi connectivity index (χ1v) is 6.54. The summed E-state index contributed by atoms with van der Waals surface area (Å²) in [5.41, 5.74) is 0.195. The lowest BCUT2D eigenvalue weighted by Crippen LogP contribution is -2.40. The van der Waals surface area contributed by atoms with Gasteiger partial charge in [0.15, 0.2) is 0 Å². The molecule has 1 aromatic rings. The molecule has 4 nitrogen and oxygen atoms in total. The van der Waals surface area contributed by atoms with E-state index >= 15 is 0 Å². The number of carbonyl (C=O) groups excluding carboxylic acids is 2. The van der Waals surface area contributed by atoms with Gasteiger partial charge in [0.25, 0.3) is 0 Å². The van der Waals surface area contributed by atoms with Crippen LogP contribution in [0.1, 0.15) is 19.4 Å². The Morgan fingerprint density at radius 2 is 1.90 bits per heavy atom. The summed E-state index contributed by atoms with van der Waals surface area (Å²) in [5.74, 6) is -0.578. The number of carbonyl (C=O) groups is 2. The number of benzene rings is 1. The Hall–Kier alpha value is -1.81. The lowest BCUT2D eigenvalue weighted by atomic mass is 9.84. The third-order valence-corrected chi connectivity index (χ3v) is 3.22. The molecule has 0 atom stereocenters. The van der Waals surface area contributed by atoms with E-state index in [2.05, 4.69) is 10.1 Å². The van der Waals surface area contributed by atoms with Crippen LogP contribution in [0.4, 0.5) is 0 Å². The van der Waals surface area contributed by atoms with Crippen molar-refractivity contribution in [1.82, 2.24) is 5.32 Å². The van der Waals surface area contributed by atoms with Gasteiger partial charge in [0.05, 0.1) is 12.5 Å². The molecule has 0 radical (unpaired) electrons. The number of hydrogen-bond acceptors (Lipinski definition) is 3. The van der Waals surface area contributed by atoms with Gasteiger partial charge in [-0.3, -0.25) is 4.79 Å². The molecule has 0 aliphatic rings. The molecule has 5 heteroatoms. The summed E-state index contributed by atoms with van der Waals surface area (Å²) >= 11 is 5.83. The van der Waals surface area contributed by atoms with E-state index in [1.165, 1.54) is 13.2 Å². The van der Waals surface area contributed by atoms with Gasteiger partial charge < -0.3 is 10.1 Å². The van der Waals surface area contributed by atoms with E-state index in [1.807, 2.05) is 26.0 Å². The van der Waals surface area contributed by atoms with E-state index < -0.39 is 11.4 Å². The molecule has 1 aromatic carbocycles. The third kappa shape index (κ3) is 4.38. The number of hydrogen-bond donors (Lipinski definition) is 1. The van der Waals surface area contributed by atoms with Crippen LogP contribution in [0.5, 0.6) is 0 Å². The quantitative estimate of drug-likeness (QED) is 0.670. The Morgan fingerprint density at radius 1 is 1.30 bits per heavy atom. The smallest absolute Gasteiger partial charge is 0.330 e. The number of methoxy groups -OCH3 is 1. The van der Waals surface area contributed by atoms with Crippen molar-refractivity contribution < 1.29 is 14.3 Å². The fourth-order valence-electron chi connectivity index (χ4n) is 1.59. The lowest BCUT2D eigenvalue weighted by Gasteiger charge is -2.23. The van der Waals surface area contributed by atoms with Gasteiger partial charge in [0, 0.05) is 17.6 Å². The van der Waals surface area contributed by atoms with Gasteiger partial charge in [-0.1, -0.05) is 29.8 Å². The number of rotatable bonds is 5. The molecule has 0 unspecified atom stereocenters. The number of amides is 1. The highest BCUT2D eigenvalue weighted by molar-refractivity contribution is 6.30. The molecule has 0 fully saturated rings. The minimum atomic E-state index is -0.677. The second-order valence-electron chi connectivity index (χ2n) is 4.77. The topological polar surface area (TPSA) is 55.4 Å². The molecular formula is C15H18ClNO3. The largest absolute Gasteiger partial charge is 0.466 e. The van der Waals surface area contributed by atoms with Gasteiger partial charge in [-0.05, 0) is 31.5 Å². The first-order valence-electron chi connectivity index (χ1n) is 6.16. The van der Waals surface area contributed by atoms with Crippen molar-refractivity contribution in [2.24, 2.45) is 0 Å². The molecule has 0 spiro atoms. The molecule has 0 heterocycles. The SMILES string of the molecule is COC(=O)/C=C/CNC(=O)C(C)(C)c1ccc(Cl)cc1. The van der Waals surface area contributed by atoms with Gasteiger partial charge in [-0.15, -0.1) is 0 Å². The zero-order chi connectivity index (χ0) is 15.2. The fourth-order valence-corrected chi connectivity index (χ4v) is 1.72. The monoisotopic (exact) mass is 295 g/mol. The average Bonchev–Trinajstić information content (AvgIpc) is 2.43. The summed E-state index contributed by atoms with van der Waals surface area (Å²) in [5, 5.41) is 3.38. The molecule has 1 amide bonds. The molecule has 0 bridgehead atoms. The molecule has 0 saturated carbocycles. The number of nitrogens with one attached hydrogen (secondary N) is 1. The van der Waals surface area contributed by atoms with Crippen LogP contribution in [0.2, 0.25) is 5.02 Å². The lowest BCUT2D eigenvalue weighted by molar-refractivity contribution is -0.135. The molecular weight excluding hydrogens is 278 g/mol. The van der Waals surface area contributed by atoms with Crippen molar-refractivity contribution in [2.45, 2.75) is 19.3 Å². The van der Waals surface area contributed by atoms with Crippen LogP contribution in [0.15, 0.2) is 36.4 Å². The Balaban J connectivity index is 2.63. The Labute approximate surface area is 123 Å². The molecule has 1 N–H and O–H groups in total. The highest BCUT2D eigenvalue weighted by Crippen LogP contribution is 2.24. The first-order chi connectivity index (χ1) is 9.37. The molecule has 0 aliphatic carbocycles. The van der Waals surface area contributed by atoms with Crippen LogP contribution < -0.4 is 5.32 Å². The van der Waals surface area contributed by atoms with Crippen LogP contribution in [-0.4, -0.2) is 25.5 Å². The van der Waals surface area contributed by atoms with Crippen molar-refractivity contribution in [3.63, 3.8) is 0 Å². The van der Waals surface area contributed by atoms with Crippen LogP contribution >= 0.6 is 11.6 Å². The van der Waals surface area contributed by atoms with Crippen molar-refractivity contribution in [2.75, 3.05) is 13.7 Å². The van der Waals surface area contributed by atoms with E-state index in [0.717, 1.165) is 5.56 Å². The standard InChI is InChI=1S/C15H18ClNO3/c1-15(2,11-6-8-12(16)9-7-11)14(19)17-10-4-5-13(18)20-3/h4-9H,10H2,1-3H3,(H,17,19)/b5-4+. The van der Waals surface area contributed by atoms with Crippen molar-refractivity contribution in [3.05, 3.63) is 47.0 Å². The zero-order valence-electron chi connectivity index (χ0n) is 11.8. The Bertz CT molecular complexity index is 506. The maximum absolute atomic E-state index is 12.2. The highest BCUT2D eigenvalue weighted by Gasteiger charge is 2.29. The van der Waals surface area contributed by atoms with Gasteiger partial charge in [-0.2, -0.15) is 0 Å². The Morgan fingerprint density at radius 3 is 2.45 bits per heavy atom. The molecule has 0 aliphatic heterocycles. The summed E-state index contributed by atoms with van der Waals surface area (Å²) in [6.07, 6.45) is 2.82. The zero-order valence-corrected chi connectivity index (χ0v) is 12.5. The maximum Gasteiger partial charge on any atom is 0.330 e. The third-order valence-electron chi connectivity index (χ3n) is 2.97. The maximum atomic E-state index is 12.2. The summed E-state index contributed by atoms with van der Waals surface area (Å²) in [6.45, 7) is 3.93. The second-order valence-corrected chi connectivity index (χ2v) is 5.20. The van der Waals surface area contributed by atoms with E-state index in [0.29, 0.717) is 5.02 Å². The fraction of sp³-hybridized carbons (Fsp3) is 0.333. The predicted molar refractivity (Wildman–Crippen MR) is 78.6 cm³/mol. The van der Waals surface area contributed by atoms with E-state index in [1.54, 1.807) is 18.2 Å². The minimum absolute atomic E-state index is 0.130. The summed E-state index contributed by atoms with van der Waals surface area (Å²) in [4.78, 5) is 23.0. The van der Waals surface area contributed by atoms with Gasteiger partial charge in [-0.25, -0.2) is 4.79 Å². The van der Waals surface area contributed by atoms with Gasteiger partial charge in [0.1, 0.15) is 0 Å². The predicted octanol–water partition coefficient (Wildman–Crippen LogP) is 2.46. The van der Waals surface area contributed by atoms with E-state index in [-0.39, 0.29) is 12.5 Å². The average molecular weight is 296 g/mol. The molecule has 0 aromatic heterocycles. The van der Waals surface area contributed by atoms with Crippen LogP contribution in [0.25, 0.3) is 0 Å². The second kappa shape index (κ2) is 7.10. The molecule has 108 valence electrons. The molecule has 20 heavy (non-hydrogen) atoms. The first kappa shape index (κ1) is 16.2. The van der Waals surface area contributed by atoms with Crippen molar-refractivity contribution >= 4 is 23.5 Å². The number of ether oxygens (including phenoxy) is 1. The normalized spacial score (nSPS) is 11.4. The molecule has 1 rings (SSSR count). The Kier molecular flexibility index (Phi) is 5.77. The highest BCUT2D eigenvalue weighted by atomic mass is 35.5. The summed E-state index contributed by atoms with van der Waals surface area (Å²) < 4.78 is 4.45. The van der Waals surface area contributed by atoms with Crippen LogP contribution in [-0.2, 0) is 19.7 Å². The molecule has 0 saturated heterocycles. The minimum Gasteiger partial charge on any atom is -0.466 e. The van der Waals surface area contributed by atoms with Crippen LogP contribution in [0.3, 0.4) is 0 Å². The van der Waals surface area contributed by atoms with Crippen molar-refractivity contribution in [1.29, 1.82) is 0 Å². The van der Waals surface area contributed by atoms with E-state index in [9.17, 15) is 9.59 Å². The van der Waals surface area contributed by atoms with E-state index in [4.69, 9.17) is 11.6 Å². The van der Waals surface area contributed by atoms with Gasteiger partial charge in [0.2, 0.25) is 5.91 Å². The summed E-state index contributed by atoms with van der Waals surface area (Å²) in [7, 11) is 1.30. The van der Waals surface area contributed by atoms with Crippen LogP contribution in [0, 0.1) is 0 Å². The van der Waals surface area contributed by atoms with Crippen molar-refractivity contribution in [3.8, 4) is 0 Å². The number of halogens is 1. The number of esters is 1.